The quantitative estimate of drug-likeness (QED) is 0.690. The summed E-state index contributed by atoms with van der Waals surface area (Å²) >= 11 is 0. The van der Waals surface area contributed by atoms with Crippen LogP contribution in [0.5, 0.6) is 5.75 Å². The van der Waals surface area contributed by atoms with Crippen molar-refractivity contribution in [2.24, 2.45) is 0 Å². The third kappa shape index (κ3) is 4.53. The molecule has 0 aliphatic rings. The minimum Gasteiger partial charge on any atom is -0.494 e. The number of amides is 1. The van der Waals surface area contributed by atoms with Gasteiger partial charge in [0.25, 0.3) is 0 Å². The van der Waals surface area contributed by atoms with Gasteiger partial charge in [0, 0.05) is 12.1 Å². The lowest BCUT2D eigenvalue weighted by molar-refractivity contribution is -0.116. The molecule has 0 fully saturated rings. The van der Waals surface area contributed by atoms with E-state index in [1.54, 1.807) is 0 Å². The third-order valence-corrected chi connectivity index (χ3v) is 3.92. The smallest absolute Gasteiger partial charge is 0.224 e. The summed E-state index contributed by atoms with van der Waals surface area (Å²) < 4.78 is 5.59. The minimum atomic E-state index is -0.0344. The van der Waals surface area contributed by atoms with Crippen LogP contribution in [0, 0.1) is 13.8 Å². The third-order valence-electron chi connectivity index (χ3n) is 3.92. The van der Waals surface area contributed by atoms with E-state index in [1.165, 1.54) is 0 Å². The van der Waals surface area contributed by atoms with Crippen molar-refractivity contribution in [3.05, 3.63) is 59.9 Å². The van der Waals surface area contributed by atoms with Crippen LogP contribution >= 0.6 is 0 Å². The Balaban J connectivity index is 1.52. The van der Waals surface area contributed by atoms with Gasteiger partial charge in [0.2, 0.25) is 5.91 Å². The molecule has 5 nitrogen and oxygen atoms in total. The first-order valence-corrected chi connectivity index (χ1v) is 8.34. The molecular weight excluding hydrogens is 314 g/mol. The van der Waals surface area contributed by atoms with Crippen molar-refractivity contribution in [3.8, 4) is 5.75 Å². The Morgan fingerprint density at radius 1 is 1.00 bits per heavy atom. The Hall–Kier alpha value is -2.95. The second-order valence-electron chi connectivity index (χ2n) is 5.91. The van der Waals surface area contributed by atoms with Gasteiger partial charge in [-0.3, -0.25) is 4.79 Å². The average Bonchev–Trinajstić information content (AvgIpc) is 2.61. The number of nitrogens with one attached hydrogen (secondary N) is 1. The van der Waals surface area contributed by atoms with Crippen molar-refractivity contribution >= 4 is 22.6 Å². The van der Waals surface area contributed by atoms with Gasteiger partial charge in [-0.2, -0.15) is 0 Å². The topological polar surface area (TPSA) is 64.1 Å². The van der Waals surface area contributed by atoms with Crippen molar-refractivity contribution in [2.45, 2.75) is 26.7 Å². The number of hydrogen-bond donors (Lipinski definition) is 1. The summed E-state index contributed by atoms with van der Waals surface area (Å²) in [7, 11) is 0. The molecule has 0 saturated carbocycles. The Morgan fingerprint density at radius 3 is 2.48 bits per heavy atom. The molecule has 1 amide bonds. The molecule has 3 rings (SSSR count). The number of para-hydroxylation sites is 1. The van der Waals surface area contributed by atoms with Crippen LogP contribution in [0.2, 0.25) is 0 Å². The Kier molecular flexibility index (Phi) is 5.23. The van der Waals surface area contributed by atoms with E-state index in [4.69, 9.17) is 4.74 Å². The van der Waals surface area contributed by atoms with E-state index in [9.17, 15) is 4.79 Å². The number of carbonyl (C=O) groups excluding carboxylic acids is 1. The summed E-state index contributed by atoms with van der Waals surface area (Å²) in [6.45, 7) is 4.38. The van der Waals surface area contributed by atoms with E-state index >= 15 is 0 Å². The monoisotopic (exact) mass is 335 g/mol. The van der Waals surface area contributed by atoms with Crippen LogP contribution in [0.3, 0.4) is 0 Å². The number of aryl methyl sites for hydroxylation is 2. The lowest BCUT2D eigenvalue weighted by atomic mass is 10.2. The second kappa shape index (κ2) is 7.75. The number of hydrogen-bond acceptors (Lipinski definition) is 4. The van der Waals surface area contributed by atoms with E-state index in [2.05, 4.69) is 15.3 Å². The van der Waals surface area contributed by atoms with Crippen LogP contribution in [0.4, 0.5) is 5.69 Å². The molecule has 0 atom stereocenters. The maximum Gasteiger partial charge on any atom is 0.224 e. The van der Waals surface area contributed by atoms with Crippen molar-refractivity contribution < 1.29 is 9.53 Å². The number of anilines is 1. The van der Waals surface area contributed by atoms with Gasteiger partial charge in [-0.05, 0) is 50.6 Å². The number of fused-ring (bicyclic) bond motifs is 1. The fourth-order valence-electron chi connectivity index (χ4n) is 2.47. The van der Waals surface area contributed by atoms with Crippen molar-refractivity contribution in [2.75, 3.05) is 11.9 Å². The van der Waals surface area contributed by atoms with Crippen LogP contribution in [0.15, 0.2) is 48.5 Å². The van der Waals surface area contributed by atoms with E-state index in [0.717, 1.165) is 33.9 Å². The summed E-state index contributed by atoms with van der Waals surface area (Å²) in [5, 5.41) is 2.90. The normalized spacial score (nSPS) is 10.6. The molecule has 0 bridgehead atoms. The predicted molar refractivity (Wildman–Crippen MR) is 98.8 cm³/mol. The molecule has 0 radical (unpaired) electrons. The highest BCUT2D eigenvalue weighted by molar-refractivity contribution is 5.92. The van der Waals surface area contributed by atoms with Gasteiger partial charge < -0.3 is 10.1 Å². The highest BCUT2D eigenvalue weighted by atomic mass is 16.5. The molecule has 1 aromatic heterocycles. The standard InChI is InChI=1S/C20H21N3O2/c1-14-15(2)22-19-13-16(10-11-18(19)21-14)23-20(24)9-6-12-25-17-7-4-3-5-8-17/h3-5,7-8,10-11,13H,6,9,12H2,1-2H3,(H,23,24). The van der Waals surface area contributed by atoms with Crippen LogP contribution in [-0.4, -0.2) is 22.5 Å². The number of rotatable bonds is 6. The Labute approximate surface area is 147 Å². The van der Waals surface area contributed by atoms with Crippen LogP contribution in [0.1, 0.15) is 24.2 Å². The molecule has 25 heavy (non-hydrogen) atoms. The largest absolute Gasteiger partial charge is 0.494 e. The zero-order valence-corrected chi connectivity index (χ0v) is 14.5. The molecule has 1 N–H and O–H groups in total. The van der Waals surface area contributed by atoms with Gasteiger partial charge in [-0.25, -0.2) is 9.97 Å². The molecule has 0 saturated heterocycles. The molecule has 2 aromatic carbocycles. The summed E-state index contributed by atoms with van der Waals surface area (Å²) in [5.41, 5.74) is 4.17. The van der Waals surface area contributed by atoms with Crippen molar-refractivity contribution in [3.63, 3.8) is 0 Å². The molecule has 0 aliphatic carbocycles. The van der Waals surface area contributed by atoms with Gasteiger partial charge in [-0.1, -0.05) is 18.2 Å². The molecule has 0 aliphatic heterocycles. The van der Waals surface area contributed by atoms with Crippen LogP contribution in [-0.2, 0) is 4.79 Å². The molecule has 1 heterocycles. The average molecular weight is 335 g/mol. The molecule has 0 unspecified atom stereocenters. The molecule has 0 spiro atoms. The zero-order valence-electron chi connectivity index (χ0n) is 14.5. The molecular formula is C20H21N3O2. The Morgan fingerprint density at radius 2 is 1.72 bits per heavy atom. The molecule has 3 aromatic rings. The maximum atomic E-state index is 12.1. The van der Waals surface area contributed by atoms with Crippen molar-refractivity contribution in [1.29, 1.82) is 0 Å². The predicted octanol–water partition coefficient (Wildman–Crippen LogP) is 4.04. The van der Waals surface area contributed by atoms with Crippen LogP contribution < -0.4 is 10.1 Å². The number of nitrogens with zero attached hydrogens (tertiary/aromatic N) is 2. The summed E-state index contributed by atoms with van der Waals surface area (Å²) in [6, 6.07) is 15.2. The SMILES string of the molecule is Cc1nc2ccc(NC(=O)CCCOc3ccccc3)cc2nc1C. The van der Waals surface area contributed by atoms with E-state index in [-0.39, 0.29) is 5.91 Å². The minimum absolute atomic E-state index is 0.0344. The van der Waals surface area contributed by atoms with E-state index < -0.39 is 0 Å². The first kappa shape index (κ1) is 16.9. The number of aromatic nitrogens is 2. The Bertz CT molecular complexity index is 879. The first-order valence-electron chi connectivity index (χ1n) is 8.34. The number of benzene rings is 2. The first-order chi connectivity index (χ1) is 12.1. The van der Waals surface area contributed by atoms with Gasteiger partial charge >= 0.3 is 0 Å². The molecule has 128 valence electrons. The molecule has 5 heteroatoms. The summed E-state index contributed by atoms with van der Waals surface area (Å²) in [6.07, 6.45) is 1.07. The summed E-state index contributed by atoms with van der Waals surface area (Å²) in [4.78, 5) is 21.1. The highest BCUT2D eigenvalue weighted by Gasteiger charge is 2.06. The number of carbonyl (C=O) groups is 1. The second-order valence-corrected chi connectivity index (χ2v) is 5.91. The van der Waals surface area contributed by atoms with Gasteiger partial charge in [0.05, 0.1) is 29.0 Å². The summed E-state index contributed by atoms with van der Waals surface area (Å²) in [5.74, 6) is 0.787. The maximum absolute atomic E-state index is 12.1. The highest BCUT2D eigenvalue weighted by Crippen LogP contribution is 2.18. The van der Waals surface area contributed by atoms with Gasteiger partial charge in [0.1, 0.15) is 5.75 Å². The van der Waals surface area contributed by atoms with Crippen molar-refractivity contribution in [1.82, 2.24) is 9.97 Å². The lowest BCUT2D eigenvalue weighted by Crippen LogP contribution is -2.13. The lowest BCUT2D eigenvalue weighted by Gasteiger charge is -2.08. The van der Waals surface area contributed by atoms with Gasteiger partial charge in [-0.15, -0.1) is 0 Å². The zero-order chi connectivity index (χ0) is 17.6. The van der Waals surface area contributed by atoms with E-state index in [1.807, 2.05) is 62.4 Å². The van der Waals surface area contributed by atoms with Gasteiger partial charge in [0.15, 0.2) is 0 Å². The van der Waals surface area contributed by atoms with Crippen LogP contribution in [0.25, 0.3) is 11.0 Å². The fourth-order valence-corrected chi connectivity index (χ4v) is 2.47. The van der Waals surface area contributed by atoms with E-state index in [0.29, 0.717) is 19.4 Å². The fraction of sp³-hybridized carbons (Fsp3) is 0.250. The number of ether oxygens (including phenoxy) is 1.